The summed E-state index contributed by atoms with van der Waals surface area (Å²) in [5.41, 5.74) is 0.803. The molecule has 0 saturated carbocycles. The minimum Gasteiger partial charge on any atom is -0.466 e. The fraction of sp³-hybridized carbons (Fsp3) is 0.364. The second-order valence-corrected chi connectivity index (χ2v) is 4.78. The summed E-state index contributed by atoms with van der Waals surface area (Å²) >= 11 is 0. The molecule has 0 amide bonds. The molecule has 2 nitrogen and oxygen atoms in total. The summed E-state index contributed by atoms with van der Waals surface area (Å²) in [7, 11) is 1.07. The molecule has 0 aromatic carbocycles. The molecule has 78 valence electrons. The van der Waals surface area contributed by atoms with Crippen molar-refractivity contribution in [3.05, 3.63) is 33.9 Å². The first-order valence-electron chi connectivity index (χ1n) is 4.69. The number of rotatable bonds is 4. The van der Waals surface area contributed by atoms with Crippen molar-refractivity contribution >= 4 is 16.9 Å². The van der Waals surface area contributed by atoms with Gasteiger partial charge in [0, 0.05) is 5.57 Å². The molecule has 14 heavy (non-hydrogen) atoms. The highest BCUT2D eigenvalue weighted by Crippen LogP contribution is 2.36. The van der Waals surface area contributed by atoms with Gasteiger partial charge in [0.25, 0.3) is 0 Å². The van der Waals surface area contributed by atoms with Gasteiger partial charge in [0.05, 0.1) is 7.11 Å². The van der Waals surface area contributed by atoms with Crippen LogP contribution >= 0.6 is 10.9 Å². The smallest absolute Gasteiger partial charge is 0.334 e. The Morgan fingerprint density at radius 3 is 2.57 bits per heavy atom. The van der Waals surface area contributed by atoms with E-state index in [1.54, 1.807) is 0 Å². The maximum absolute atomic E-state index is 11.4. The zero-order valence-electron chi connectivity index (χ0n) is 8.56. The molecule has 0 atom stereocenters. The van der Waals surface area contributed by atoms with Crippen LogP contribution in [0.1, 0.15) is 19.8 Å². The van der Waals surface area contributed by atoms with Crippen molar-refractivity contribution in [2.24, 2.45) is 0 Å². The Balaban J connectivity index is 2.70. The summed E-state index contributed by atoms with van der Waals surface area (Å²) in [6.45, 7) is 2.06. The van der Waals surface area contributed by atoms with Crippen LogP contribution in [0, 0.1) is 0 Å². The first-order chi connectivity index (χ1) is 6.77. The van der Waals surface area contributed by atoms with Crippen LogP contribution in [0.4, 0.5) is 0 Å². The Hall–Kier alpha value is -0.960. The van der Waals surface area contributed by atoms with Gasteiger partial charge in [-0.2, -0.15) is 10.9 Å². The third-order valence-corrected chi connectivity index (χ3v) is 3.54. The van der Waals surface area contributed by atoms with Crippen LogP contribution in [0.2, 0.25) is 0 Å². The van der Waals surface area contributed by atoms with Gasteiger partial charge in [-0.25, -0.2) is 4.79 Å². The van der Waals surface area contributed by atoms with Crippen LogP contribution in [-0.4, -0.2) is 13.1 Å². The number of carbonyl (C=O) groups excluding carboxylic acids is 1. The highest BCUT2D eigenvalue weighted by atomic mass is 32.2. The molecule has 0 aromatic rings. The van der Waals surface area contributed by atoms with Crippen molar-refractivity contribution < 1.29 is 9.53 Å². The van der Waals surface area contributed by atoms with Gasteiger partial charge in [-0.1, -0.05) is 25.5 Å². The van der Waals surface area contributed by atoms with Crippen LogP contribution in [0.25, 0.3) is 0 Å². The van der Waals surface area contributed by atoms with Crippen LogP contribution in [0.3, 0.4) is 0 Å². The van der Waals surface area contributed by atoms with E-state index in [9.17, 15) is 4.79 Å². The number of hydrogen-bond donors (Lipinski definition) is 1. The summed E-state index contributed by atoms with van der Waals surface area (Å²) in [6.07, 6.45) is 5.80. The molecule has 0 radical (unpaired) electrons. The summed E-state index contributed by atoms with van der Waals surface area (Å²) in [4.78, 5) is 11.4. The number of hydrogen-bond acceptors (Lipinski definition) is 2. The van der Waals surface area contributed by atoms with Gasteiger partial charge in [0.15, 0.2) is 0 Å². The fourth-order valence-corrected chi connectivity index (χ4v) is 2.70. The van der Waals surface area contributed by atoms with Crippen molar-refractivity contribution in [2.75, 3.05) is 7.11 Å². The molecule has 0 unspecified atom stereocenters. The second kappa shape index (κ2) is 5.70. The lowest BCUT2D eigenvalue weighted by atomic mass is 10.2. The van der Waals surface area contributed by atoms with Gasteiger partial charge in [-0.05, 0) is 22.6 Å². The van der Waals surface area contributed by atoms with Crippen LogP contribution in [0.15, 0.2) is 33.9 Å². The quantitative estimate of drug-likeness (QED) is 0.440. The van der Waals surface area contributed by atoms with Crippen LogP contribution in [-0.2, 0) is 9.53 Å². The molecule has 0 bridgehead atoms. The molecule has 3 heteroatoms. The van der Waals surface area contributed by atoms with Crippen molar-refractivity contribution in [2.45, 2.75) is 19.8 Å². The molecule has 0 aliphatic carbocycles. The minimum atomic E-state index is -0.358. The topological polar surface area (TPSA) is 26.3 Å². The van der Waals surface area contributed by atoms with E-state index in [0.29, 0.717) is 0 Å². The van der Waals surface area contributed by atoms with E-state index in [0.717, 1.165) is 18.4 Å². The standard InChI is InChI=1S/C11H16O2S/c1-3-6-10(11(12)13-2)9-14-7-4-5-8-14/h4-5,7-9,14H,3,6H2,1-2H3. The maximum atomic E-state index is 11.4. The Morgan fingerprint density at radius 1 is 1.43 bits per heavy atom. The lowest BCUT2D eigenvalue weighted by molar-refractivity contribution is -0.136. The Labute approximate surface area is 87.7 Å². The lowest BCUT2D eigenvalue weighted by Crippen LogP contribution is -2.04. The van der Waals surface area contributed by atoms with Crippen molar-refractivity contribution in [1.82, 2.24) is 0 Å². The fourth-order valence-electron chi connectivity index (χ4n) is 1.23. The molecule has 0 spiro atoms. The predicted octanol–water partition coefficient (Wildman–Crippen LogP) is 2.89. The summed E-state index contributed by atoms with van der Waals surface area (Å²) in [5.74, 6) is -0.192. The van der Waals surface area contributed by atoms with Crippen molar-refractivity contribution in [3.8, 4) is 0 Å². The number of esters is 1. The van der Waals surface area contributed by atoms with E-state index in [1.165, 1.54) is 7.11 Å². The molecule has 0 fully saturated rings. The molecule has 0 N–H and O–H groups in total. The summed E-state index contributed by atoms with van der Waals surface area (Å²) in [5, 5.41) is 6.27. The Morgan fingerprint density at radius 2 is 2.07 bits per heavy atom. The van der Waals surface area contributed by atoms with E-state index >= 15 is 0 Å². The van der Waals surface area contributed by atoms with Gasteiger partial charge in [-0.3, -0.25) is 0 Å². The molecule has 1 rings (SSSR count). The monoisotopic (exact) mass is 212 g/mol. The molecular formula is C11H16O2S. The first-order valence-corrected chi connectivity index (χ1v) is 6.24. The molecule has 1 aliphatic heterocycles. The van der Waals surface area contributed by atoms with Gasteiger partial charge >= 0.3 is 5.97 Å². The van der Waals surface area contributed by atoms with Crippen LogP contribution < -0.4 is 0 Å². The third kappa shape index (κ3) is 3.07. The zero-order chi connectivity index (χ0) is 10.4. The average molecular weight is 212 g/mol. The number of thiol groups is 1. The molecule has 0 aromatic heterocycles. The summed E-state index contributed by atoms with van der Waals surface area (Å²) in [6, 6.07) is 0. The van der Waals surface area contributed by atoms with E-state index in [-0.39, 0.29) is 16.9 Å². The van der Waals surface area contributed by atoms with E-state index in [1.807, 2.05) is 17.6 Å². The van der Waals surface area contributed by atoms with Gasteiger partial charge in [0.2, 0.25) is 0 Å². The minimum absolute atomic E-state index is 0.192. The van der Waals surface area contributed by atoms with Gasteiger partial charge in [0.1, 0.15) is 0 Å². The number of carbonyl (C=O) groups is 1. The zero-order valence-corrected chi connectivity index (χ0v) is 9.46. The third-order valence-electron chi connectivity index (χ3n) is 1.90. The van der Waals surface area contributed by atoms with Crippen molar-refractivity contribution in [3.63, 3.8) is 0 Å². The molecule has 1 heterocycles. The Bertz CT molecular complexity index is 278. The Kier molecular flexibility index (Phi) is 4.53. The maximum Gasteiger partial charge on any atom is 0.334 e. The van der Waals surface area contributed by atoms with E-state index < -0.39 is 0 Å². The van der Waals surface area contributed by atoms with Gasteiger partial charge in [-0.15, -0.1) is 0 Å². The lowest BCUT2D eigenvalue weighted by Gasteiger charge is -2.07. The van der Waals surface area contributed by atoms with E-state index in [2.05, 4.69) is 17.7 Å². The van der Waals surface area contributed by atoms with Crippen LogP contribution in [0.5, 0.6) is 0 Å². The molecular weight excluding hydrogens is 196 g/mol. The summed E-state index contributed by atoms with van der Waals surface area (Å²) < 4.78 is 4.73. The highest BCUT2D eigenvalue weighted by molar-refractivity contribution is 8.24. The second-order valence-electron chi connectivity index (χ2n) is 3.03. The normalized spacial score (nSPS) is 17.6. The first kappa shape index (κ1) is 11.1. The van der Waals surface area contributed by atoms with E-state index in [4.69, 9.17) is 4.74 Å². The predicted molar refractivity (Wildman–Crippen MR) is 62.3 cm³/mol. The molecule has 0 saturated heterocycles. The average Bonchev–Trinajstić information content (AvgIpc) is 2.68. The van der Waals surface area contributed by atoms with Crippen molar-refractivity contribution in [1.29, 1.82) is 0 Å². The largest absolute Gasteiger partial charge is 0.466 e. The van der Waals surface area contributed by atoms with Gasteiger partial charge < -0.3 is 4.74 Å². The SMILES string of the molecule is CCCC(=C[SH]1C=CC=C1)C(=O)OC. The number of allylic oxidation sites excluding steroid dienone is 2. The molecule has 1 aliphatic rings. The number of methoxy groups -OCH3 is 1. The highest BCUT2D eigenvalue weighted by Gasteiger charge is 2.09. The number of ether oxygens (including phenoxy) is 1.